The van der Waals surface area contributed by atoms with Crippen LogP contribution in [0.25, 0.3) is 0 Å². The van der Waals surface area contributed by atoms with E-state index in [-0.39, 0.29) is 12.5 Å². The number of esters is 1. The van der Waals surface area contributed by atoms with Crippen molar-refractivity contribution in [2.75, 3.05) is 24.3 Å². The van der Waals surface area contributed by atoms with Gasteiger partial charge in [-0.2, -0.15) is 0 Å². The minimum Gasteiger partial charge on any atom is -0.465 e. The molecule has 0 spiro atoms. The van der Waals surface area contributed by atoms with E-state index in [9.17, 15) is 9.59 Å². The minimum absolute atomic E-state index is 0.0296. The zero-order valence-electron chi connectivity index (χ0n) is 14.5. The monoisotopic (exact) mass is 360 g/mol. The average molecular weight is 361 g/mol. The van der Waals surface area contributed by atoms with Gasteiger partial charge in [-0.25, -0.2) is 4.79 Å². The zero-order chi connectivity index (χ0) is 18.4. The summed E-state index contributed by atoms with van der Waals surface area (Å²) in [6.07, 6.45) is 0.831. The third kappa shape index (κ3) is 4.73. The number of anilines is 2. The predicted octanol–water partition coefficient (Wildman–Crippen LogP) is 4.05. The van der Waals surface area contributed by atoms with Gasteiger partial charge in [0.25, 0.3) is 0 Å². The number of benzene rings is 2. The number of para-hydroxylation sites is 1. The molecule has 0 aromatic heterocycles. The Bertz CT molecular complexity index is 790. The summed E-state index contributed by atoms with van der Waals surface area (Å²) in [5.41, 5.74) is 3.80. The summed E-state index contributed by atoms with van der Waals surface area (Å²) < 4.78 is 4.69. The van der Waals surface area contributed by atoms with E-state index in [1.807, 2.05) is 32.0 Å². The Morgan fingerprint density at radius 3 is 2.64 bits per heavy atom. The average Bonchev–Trinajstić information content (AvgIpc) is 2.62. The van der Waals surface area contributed by atoms with Crippen LogP contribution in [0.1, 0.15) is 28.4 Å². The SMILES string of the molecule is CCc1cccc(C)c1NC(=O)CNc1cc(C(=O)OC)ccc1Cl. The van der Waals surface area contributed by atoms with E-state index >= 15 is 0 Å². The summed E-state index contributed by atoms with van der Waals surface area (Å²) >= 11 is 6.11. The second kappa shape index (κ2) is 8.53. The van der Waals surface area contributed by atoms with Crippen LogP contribution in [0.15, 0.2) is 36.4 Å². The normalized spacial score (nSPS) is 10.2. The fourth-order valence-corrected chi connectivity index (χ4v) is 2.65. The first-order valence-electron chi connectivity index (χ1n) is 7.96. The minimum atomic E-state index is -0.461. The summed E-state index contributed by atoms with van der Waals surface area (Å²) in [4.78, 5) is 23.9. The Morgan fingerprint density at radius 2 is 1.96 bits per heavy atom. The van der Waals surface area contributed by atoms with E-state index in [4.69, 9.17) is 11.6 Å². The molecule has 0 aliphatic heterocycles. The summed E-state index contributed by atoms with van der Waals surface area (Å²) in [5, 5.41) is 6.31. The molecule has 0 bridgehead atoms. The maximum atomic E-state index is 12.3. The second-order valence-corrected chi connectivity index (χ2v) is 5.96. The van der Waals surface area contributed by atoms with E-state index in [2.05, 4.69) is 15.4 Å². The molecule has 0 radical (unpaired) electrons. The van der Waals surface area contributed by atoms with Gasteiger partial charge in [0.05, 0.1) is 29.9 Å². The molecule has 0 atom stereocenters. The molecule has 0 fully saturated rings. The van der Waals surface area contributed by atoms with Crippen LogP contribution in [-0.4, -0.2) is 25.5 Å². The number of amides is 1. The lowest BCUT2D eigenvalue weighted by molar-refractivity contribution is -0.114. The van der Waals surface area contributed by atoms with Gasteiger partial charge in [0.1, 0.15) is 0 Å². The lowest BCUT2D eigenvalue weighted by Crippen LogP contribution is -2.23. The van der Waals surface area contributed by atoms with Crippen LogP contribution in [0.2, 0.25) is 5.02 Å². The smallest absolute Gasteiger partial charge is 0.337 e. The molecule has 2 rings (SSSR count). The van der Waals surface area contributed by atoms with Crippen molar-refractivity contribution in [3.05, 3.63) is 58.1 Å². The number of methoxy groups -OCH3 is 1. The van der Waals surface area contributed by atoms with E-state index in [0.29, 0.717) is 16.3 Å². The lowest BCUT2D eigenvalue weighted by Gasteiger charge is -2.14. The molecule has 2 aromatic rings. The van der Waals surface area contributed by atoms with Crippen molar-refractivity contribution in [2.24, 2.45) is 0 Å². The molecule has 0 aliphatic rings. The van der Waals surface area contributed by atoms with Gasteiger partial charge in [0, 0.05) is 5.69 Å². The Morgan fingerprint density at radius 1 is 1.20 bits per heavy atom. The van der Waals surface area contributed by atoms with Gasteiger partial charge in [0.15, 0.2) is 0 Å². The first kappa shape index (κ1) is 18.8. The van der Waals surface area contributed by atoms with Crippen LogP contribution in [0, 0.1) is 6.92 Å². The number of nitrogens with one attached hydrogen (secondary N) is 2. The molecule has 0 saturated heterocycles. The number of aryl methyl sites for hydroxylation is 2. The standard InChI is InChI=1S/C19H21ClN2O3/c1-4-13-7-5-6-12(2)18(13)22-17(23)11-21-16-10-14(19(24)25-3)8-9-15(16)20/h5-10,21H,4,11H2,1-3H3,(H,22,23). The van der Waals surface area contributed by atoms with Gasteiger partial charge in [-0.15, -0.1) is 0 Å². The predicted molar refractivity (Wildman–Crippen MR) is 100 cm³/mol. The first-order chi connectivity index (χ1) is 12.0. The molecule has 2 N–H and O–H groups in total. The highest BCUT2D eigenvalue weighted by molar-refractivity contribution is 6.33. The molecule has 2 aromatic carbocycles. The molecule has 6 heteroatoms. The van der Waals surface area contributed by atoms with Crippen molar-refractivity contribution in [1.29, 1.82) is 0 Å². The largest absolute Gasteiger partial charge is 0.465 e. The molecular weight excluding hydrogens is 340 g/mol. The molecule has 0 unspecified atom stereocenters. The van der Waals surface area contributed by atoms with E-state index in [0.717, 1.165) is 23.2 Å². The van der Waals surface area contributed by atoms with E-state index in [1.165, 1.54) is 7.11 Å². The number of hydrogen-bond acceptors (Lipinski definition) is 4. The maximum absolute atomic E-state index is 12.3. The van der Waals surface area contributed by atoms with E-state index in [1.54, 1.807) is 18.2 Å². The van der Waals surface area contributed by atoms with Gasteiger partial charge >= 0.3 is 5.97 Å². The summed E-state index contributed by atoms with van der Waals surface area (Å²) in [6, 6.07) is 10.6. The Labute approximate surface area is 152 Å². The van der Waals surface area contributed by atoms with Crippen LogP contribution in [0.4, 0.5) is 11.4 Å². The number of hydrogen-bond donors (Lipinski definition) is 2. The number of ether oxygens (including phenoxy) is 1. The van der Waals surface area contributed by atoms with Crippen LogP contribution in [0.5, 0.6) is 0 Å². The zero-order valence-corrected chi connectivity index (χ0v) is 15.2. The molecule has 25 heavy (non-hydrogen) atoms. The second-order valence-electron chi connectivity index (χ2n) is 5.55. The summed E-state index contributed by atoms with van der Waals surface area (Å²) in [6.45, 7) is 4.03. The number of rotatable bonds is 6. The van der Waals surface area contributed by atoms with Gasteiger partial charge in [0.2, 0.25) is 5.91 Å². The van der Waals surface area contributed by atoms with Crippen molar-refractivity contribution < 1.29 is 14.3 Å². The molecule has 0 aliphatic carbocycles. The van der Waals surface area contributed by atoms with Gasteiger partial charge in [-0.3, -0.25) is 4.79 Å². The van der Waals surface area contributed by atoms with Crippen LogP contribution in [-0.2, 0) is 16.0 Å². The first-order valence-corrected chi connectivity index (χ1v) is 8.34. The van der Waals surface area contributed by atoms with Crippen molar-refractivity contribution in [2.45, 2.75) is 20.3 Å². The Hall–Kier alpha value is -2.53. The highest BCUT2D eigenvalue weighted by Gasteiger charge is 2.11. The fourth-order valence-electron chi connectivity index (χ4n) is 2.47. The van der Waals surface area contributed by atoms with Crippen LogP contribution < -0.4 is 10.6 Å². The highest BCUT2D eigenvalue weighted by atomic mass is 35.5. The molecule has 5 nitrogen and oxygen atoms in total. The van der Waals surface area contributed by atoms with Crippen LogP contribution >= 0.6 is 11.6 Å². The van der Waals surface area contributed by atoms with Crippen molar-refractivity contribution in [3.8, 4) is 0 Å². The maximum Gasteiger partial charge on any atom is 0.337 e. The summed E-state index contributed by atoms with van der Waals surface area (Å²) in [5.74, 6) is -0.653. The van der Waals surface area contributed by atoms with Crippen molar-refractivity contribution in [1.82, 2.24) is 0 Å². The van der Waals surface area contributed by atoms with Gasteiger partial charge in [-0.05, 0) is 42.7 Å². The quantitative estimate of drug-likeness (QED) is 0.763. The molecular formula is C19H21ClN2O3. The molecule has 0 saturated carbocycles. The van der Waals surface area contributed by atoms with Gasteiger partial charge < -0.3 is 15.4 Å². The Balaban J connectivity index is 2.07. The topological polar surface area (TPSA) is 67.4 Å². The third-order valence-corrected chi connectivity index (χ3v) is 4.16. The molecule has 0 heterocycles. The Kier molecular flexibility index (Phi) is 6.42. The van der Waals surface area contributed by atoms with Crippen molar-refractivity contribution >= 4 is 34.9 Å². The number of carbonyl (C=O) groups is 2. The third-order valence-electron chi connectivity index (χ3n) is 3.83. The number of halogens is 1. The van der Waals surface area contributed by atoms with Gasteiger partial charge in [-0.1, -0.05) is 36.7 Å². The van der Waals surface area contributed by atoms with E-state index < -0.39 is 5.97 Å². The highest BCUT2D eigenvalue weighted by Crippen LogP contribution is 2.24. The lowest BCUT2D eigenvalue weighted by atomic mass is 10.1. The summed E-state index contributed by atoms with van der Waals surface area (Å²) in [7, 11) is 1.31. The fraction of sp³-hybridized carbons (Fsp3) is 0.263. The number of carbonyl (C=O) groups excluding carboxylic acids is 2. The molecule has 1 amide bonds. The van der Waals surface area contributed by atoms with Crippen LogP contribution in [0.3, 0.4) is 0 Å². The van der Waals surface area contributed by atoms with Crippen molar-refractivity contribution in [3.63, 3.8) is 0 Å². The molecule has 132 valence electrons.